The minimum absolute atomic E-state index is 0.120. The van der Waals surface area contributed by atoms with Crippen molar-refractivity contribution in [3.63, 3.8) is 0 Å². The molecule has 0 unspecified atom stereocenters. The number of rotatable bonds is 5. The first-order valence-electron chi connectivity index (χ1n) is 6.45. The molecule has 0 atom stereocenters. The monoisotopic (exact) mass is 282 g/mol. The Morgan fingerprint density at radius 2 is 2.05 bits per heavy atom. The van der Waals surface area contributed by atoms with Crippen molar-refractivity contribution >= 4 is 28.2 Å². The number of carbonyl (C=O) groups is 2. The molecule has 1 aromatic heterocycles. The predicted molar refractivity (Wildman–Crippen MR) is 74.3 cm³/mol. The number of aromatic carboxylic acids is 1. The smallest absolute Gasteiger partial charge is 0.356 e. The van der Waals surface area contributed by atoms with Gasteiger partial charge in [0.2, 0.25) is 0 Å². The Hall–Kier alpha value is -1.43. The fraction of sp³-hybridized carbons (Fsp3) is 0.615. The summed E-state index contributed by atoms with van der Waals surface area (Å²) >= 11 is 1.17. The van der Waals surface area contributed by atoms with Crippen molar-refractivity contribution in [3.8, 4) is 0 Å². The van der Waals surface area contributed by atoms with Gasteiger partial charge in [0.1, 0.15) is 4.88 Å². The minimum Gasteiger partial charge on any atom is -0.476 e. The number of hydrogen-bond acceptors (Lipinski definition) is 5. The van der Waals surface area contributed by atoms with Gasteiger partial charge in [0, 0.05) is 20.5 Å². The van der Waals surface area contributed by atoms with Crippen LogP contribution in [0.1, 0.15) is 52.8 Å². The van der Waals surface area contributed by atoms with E-state index < -0.39 is 5.97 Å². The van der Waals surface area contributed by atoms with Crippen LogP contribution in [0.15, 0.2) is 0 Å². The van der Waals surface area contributed by atoms with E-state index in [9.17, 15) is 9.59 Å². The lowest BCUT2D eigenvalue weighted by molar-refractivity contribution is 0.0687. The molecule has 1 fully saturated rings. The maximum Gasteiger partial charge on any atom is 0.356 e. The average molecular weight is 282 g/mol. The Kier molecular flexibility index (Phi) is 4.19. The third kappa shape index (κ3) is 3.12. The minimum atomic E-state index is -1.14. The molecule has 1 aliphatic carbocycles. The first-order chi connectivity index (χ1) is 8.99. The number of nitrogens with zero attached hydrogens (tertiary/aromatic N) is 2. The van der Waals surface area contributed by atoms with E-state index in [2.05, 4.69) is 4.98 Å². The largest absolute Gasteiger partial charge is 0.476 e. The van der Waals surface area contributed by atoms with Crippen molar-refractivity contribution in [2.24, 2.45) is 5.92 Å². The number of hydrogen-bond donors (Lipinski definition) is 1. The fourth-order valence-corrected chi connectivity index (χ4v) is 3.44. The van der Waals surface area contributed by atoms with Crippen LogP contribution in [0.2, 0.25) is 0 Å². The van der Waals surface area contributed by atoms with Crippen LogP contribution in [0.25, 0.3) is 0 Å². The molecule has 104 valence electrons. The molecule has 2 rings (SSSR count). The molecule has 0 amide bonds. The Labute approximate surface area is 116 Å². The Bertz CT molecular complexity index is 461. The summed E-state index contributed by atoms with van der Waals surface area (Å²) < 4.78 is 0. The Morgan fingerprint density at radius 1 is 1.42 bits per heavy atom. The van der Waals surface area contributed by atoms with Crippen LogP contribution in [0.5, 0.6) is 0 Å². The van der Waals surface area contributed by atoms with Crippen molar-refractivity contribution in [1.29, 1.82) is 0 Å². The van der Waals surface area contributed by atoms with E-state index >= 15 is 0 Å². The highest BCUT2D eigenvalue weighted by Gasteiger charge is 2.24. The zero-order valence-electron chi connectivity index (χ0n) is 11.2. The van der Waals surface area contributed by atoms with Gasteiger partial charge in [0.15, 0.2) is 16.6 Å². The van der Waals surface area contributed by atoms with Crippen molar-refractivity contribution in [1.82, 2.24) is 4.98 Å². The second-order valence-electron chi connectivity index (χ2n) is 5.07. The van der Waals surface area contributed by atoms with E-state index in [-0.39, 0.29) is 16.4 Å². The Balaban J connectivity index is 2.17. The number of ketones is 1. The van der Waals surface area contributed by atoms with Gasteiger partial charge in [0.25, 0.3) is 0 Å². The highest BCUT2D eigenvalue weighted by molar-refractivity contribution is 7.17. The first kappa shape index (κ1) is 14.0. The highest BCUT2D eigenvalue weighted by Crippen LogP contribution is 2.30. The van der Waals surface area contributed by atoms with Gasteiger partial charge in [-0.3, -0.25) is 4.79 Å². The molecule has 0 bridgehead atoms. The van der Waals surface area contributed by atoms with Crippen molar-refractivity contribution < 1.29 is 14.7 Å². The van der Waals surface area contributed by atoms with E-state index in [1.54, 1.807) is 0 Å². The summed E-state index contributed by atoms with van der Waals surface area (Å²) in [6, 6.07) is 0. The van der Waals surface area contributed by atoms with Crippen LogP contribution in [0, 0.1) is 5.92 Å². The summed E-state index contributed by atoms with van der Waals surface area (Å²) in [5.41, 5.74) is -0.120. The summed E-state index contributed by atoms with van der Waals surface area (Å²) in [5.74, 6) is -0.722. The molecule has 0 aliphatic heterocycles. The summed E-state index contributed by atoms with van der Waals surface area (Å²) in [6.45, 7) is 2.25. The second-order valence-corrected chi connectivity index (χ2v) is 6.04. The number of Topliss-reactive ketones (excluding diaryl/α,β-unsaturated/α-hetero) is 1. The zero-order valence-corrected chi connectivity index (χ0v) is 12.0. The van der Waals surface area contributed by atoms with E-state index in [0.29, 0.717) is 11.0 Å². The first-order valence-corrected chi connectivity index (χ1v) is 7.27. The number of anilines is 1. The molecular formula is C13H18N2O3S. The highest BCUT2D eigenvalue weighted by atomic mass is 32.1. The molecule has 0 radical (unpaired) electrons. The molecule has 0 spiro atoms. The molecule has 0 saturated heterocycles. The number of carbonyl (C=O) groups excluding carboxylic acids is 1. The van der Waals surface area contributed by atoms with Gasteiger partial charge in [-0.1, -0.05) is 24.2 Å². The van der Waals surface area contributed by atoms with Gasteiger partial charge in [-0.15, -0.1) is 0 Å². The van der Waals surface area contributed by atoms with Gasteiger partial charge in [-0.25, -0.2) is 9.78 Å². The van der Waals surface area contributed by atoms with Crippen LogP contribution in [-0.4, -0.2) is 35.4 Å². The molecule has 19 heavy (non-hydrogen) atoms. The van der Waals surface area contributed by atoms with Crippen LogP contribution >= 0.6 is 11.3 Å². The van der Waals surface area contributed by atoms with Crippen LogP contribution in [0.4, 0.5) is 5.13 Å². The van der Waals surface area contributed by atoms with E-state index in [4.69, 9.17) is 5.11 Å². The van der Waals surface area contributed by atoms with Crippen LogP contribution in [-0.2, 0) is 0 Å². The summed E-state index contributed by atoms with van der Waals surface area (Å²) in [6.07, 6.45) is 4.99. The van der Waals surface area contributed by atoms with Gasteiger partial charge in [-0.2, -0.15) is 0 Å². The Morgan fingerprint density at radius 3 is 2.53 bits per heavy atom. The van der Waals surface area contributed by atoms with Crippen molar-refractivity contribution in [2.75, 3.05) is 18.5 Å². The summed E-state index contributed by atoms with van der Waals surface area (Å²) in [4.78, 5) is 28.8. The zero-order chi connectivity index (χ0) is 14.0. The lowest BCUT2D eigenvalue weighted by Crippen LogP contribution is -2.23. The van der Waals surface area contributed by atoms with Crippen molar-refractivity contribution in [2.45, 2.75) is 32.6 Å². The molecule has 1 aromatic rings. The number of thiazole rings is 1. The molecular weight excluding hydrogens is 264 g/mol. The van der Waals surface area contributed by atoms with E-state index in [1.807, 2.05) is 11.9 Å². The van der Waals surface area contributed by atoms with Gasteiger partial charge in [0.05, 0.1) is 0 Å². The van der Waals surface area contributed by atoms with Gasteiger partial charge >= 0.3 is 5.97 Å². The average Bonchev–Trinajstić information content (AvgIpc) is 2.96. The fourth-order valence-electron chi connectivity index (χ4n) is 2.51. The SMILES string of the molecule is CC(=O)c1sc(N(C)CC2CCCC2)nc1C(=O)O. The summed E-state index contributed by atoms with van der Waals surface area (Å²) in [5, 5.41) is 9.69. The molecule has 1 N–H and O–H groups in total. The normalized spacial score (nSPS) is 15.7. The molecule has 1 saturated carbocycles. The van der Waals surface area contributed by atoms with Gasteiger partial charge in [-0.05, 0) is 18.8 Å². The van der Waals surface area contributed by atoms with E-state index in [0.717, 1.165) is 6.54 Å². The summed E-state index contributed by atoms with van der Waals surface area (Å²) in [7, 11) is 1.91. The maximum atomic E-state index is 11.4. The standard InChI is InChI=1S/C13H18N2O3S/c1-8(16)11-10(12(17)18)14-13(19-11)15(2)7-9-5-3-4-6-9/h9H,3-7H2,1-2H3,(H,17,18). The van der Waals surface area contributed by atoms with E-state index in [1.165, 1.54) is 43.9 Å². The molecule has 0 aromatic carbocycles. The molecule has 1 heterocycles. The quantitative estimate of drug-likeness (QED) is 0.841. The molecule has 6 heteroatoms. The third-order valence-electron chi connectivity index (χ3n) is 3.47. The topological polar surface area (TPSA) is 70.5 Å². The number of aromatic nitrogens is 1. The third-order valence-corrected chi connectivity index (χ3v) is 4.74. The second kappa shape index (κ2) is 5.69. The molecule has 1 aliphatic rings. The molecule has 5 nitrogen and oxygen atoms in total. The number of carboxylic acid groups (broad SMARTS) is 1. The lowest BCUT2D eigenvalue weighted by Gasteiger charge is -2.19. The lowest BCUT2D eigenvalue weighted by atomic mass is 10.1. The van der Waals surface area contributed by atoms with Gasteiger partial charge < -0.3 is 10.0 Å². The van der Waals surface area contributed by atoms with Crippen LogP contribution in [0.3, 0.4) is 0 Å². The van der Waals surface area contributed by atoms with Crippen molar-refractivity contribution in [3.05, 3.63) is 10.6 Å². The van der Waals surface area contributed by atoms with Crippen LogP contribution < -0.4 is 4.90 Å². The predicted octanol–water partition coefficient (Wildman–Crippen LogP) is 2.67. The number of carboxylic acids is 1. The maximum absolute atomic E-state index is 11.4.